The molecule has 84 valence electrons. The average Bonchev–Trinajstić information content (AvgIpc) is 2.64. The van der Waals surface area contributed by atoms with Gasteiger partial charge in [0.15, 0.2) is 0 Å². The summed E-state index contributed by atoms with van der Waals surface area (Å²) in [6.45, 7) is 6.43. The lowest BCUT2D eigenvalue weighted by molar-refractivity contribution is 0.0994. The zero-order valence-corrected chi connectivity index (χ0v) is 9.53. The molecule has 0 aliphatic heterocycles. The van der Waals surface area contributed by atoms with Gasteiger partial charge in [-0.3, -0.25) is 0 Å². The van der Waals surface area contributed by atoms with Crippen LogP contribution < -0.4 is 5.32 Å². The highest BCUT2D eigenvalue weighted by atomic mass is 16.3. The molecule has 15 heavy (non-hydrogen) atoms. The summed E-state index contributed by atoms with van der Waals surface area (Å²) in [5.41, 5.74) is -0.270. The van der Waals surface area contributed by atoms with E-state index in [2.05, 4.69) is 5.32 Å². The van der Waals surface area contributed by atoms with Gasteiger partial charge in [0.1, 0.15) is 5.76 Å². The number of hydrogen-bond donors (Lipinski definition) is 2. The summed E-state index contributed by atoms with van der Waals surface area (Å²) in [4.78, 5) is 0. The van der Waals surface area contributed by atoms with Gasteiger partial charge < -0.3 is 14.8 Å². The van der Waals surface area contributed by atoms with Crippen molar-refractivity contribution < 1.29 is 9.52 Å². The number of aliphatic hydroxyl groups excluding tert-OH is 1. The van der Waals surface area contributed by atoms with Crippen molar-refractivity contribution in [2.24, 2.45) is 0 Å². The Morgan fingerprint density at radius 2 is 2.33 bits per heavy atom. The van der Waals surface area contributed by atoms with Crippen molar-refractivity contribution in [1.29, 1.82) is 0 Å². The molecule has 0 saturated heterocycles. The van der Waals surface area contributed by atoms with E-state index in [4.69, 9.17) is 4.42 Å². The van der Waals surface area contributed by atoms with Crippen LogP contribution in [0.2, 0.25) is 0 Å². The van der Waals surface area contributed by atoms with Crippen LogP contribution in [-0.4, -0.2) is 23.3 Å². The van der Waals surface area contributed by atoms with Gasteiger partial charge in [0.05, 0.1) is 12.4 Å². The van der Waals surface area contributed by atoms with Gasteiger partial charge in [-0.05, 0) is 39.0 Å². The molecule has 2 N–H and O–H groups in total. The molecule has 0 amide bonds. The Balaban J connectivity index is 2.33. The molecular weight excluding hydrogens is 190 g/mol. The van der Waals surface area contributed by atoms with E-state index in [1.165, 1.54) is 0 Å². The Labute approximate surface area is 90.8 Å². The maximum Gasteiger partial charge on any atom is 0.126 e. The SMILES string of the molecule is CC(O)C(C)(C)NC/C=C/c1ccco1. The molecule has 0 spiro atoms. The molecule has 1 aromatic heterocycles. The first-order valence-corrected chi connectivity index (χ1v) is 5.15. The molecule has 1 rings (SSSR count). The van der Waals surface area contributed by atoms with Crippen LogP contribution >= 0.6 is 0 Å². The lowest BCUT2D eigenvalue weighted by Gasteiger charge is -2.28. The second kappa shape index (κ2) is 5.14. The van der Waals surface area contributed by atoms with Crippen molar-refractivity contribution >= 4 is 6.08 Å². The first-order valence-electron chi connectivity index (χ1n) is 5.15. The maximum absolute atomic E-state index is 9.46. The van der Waals surface area contributed by atoms with Crippen molar-refractivity contribution in [3.05, 3.63) is 30.2 Å². The molecule has 3 heteroatoms. The predicted molar refractivity (Wildman–Crippen MR) is 61.5 cm³/mol. The fraction of sp³-hybridized carbons (Fsp3) is 0.500. The zero-order valence-electron chi connectivity index (χ0n) is 9.53. The fourth-order valence-electron chi connectivity index (χ4n) is 1.03. The maximum atomic E-state index is 9.46. The summed E-state index contributed by atoms with van der Waals surface area (Å²) in [7, 11) is 0. The Morgan fingerprint density at radius 3 is 2.87 bits per heavy atom. The molecule has 0 radical (unpaired) electrons. The van der Waals surface area contributed by atoms with Crippen LogP contribution in [-0.2, 0) is 0 Å². The van der Waals surface area contributed by atoms with E-state index < -0.39 is 0 Å². The van der Waals surface area contributed by atoms with Crippen LogP contribution in [0.15, 0.2) is 28.9 Å². The van der Waals surface area contributed by atoms with Crippen molar-refractivity contribution in [2.75, 3.05) is 6.54 Å². The van der Waals surface area contributed by atoms with Crippen LogP contribution in [0.4, 0.5) is 0 Å². The molecule has 3 nitrogen and oxygen atoms in total. The number of aliphatic hydroxyl groups is 1. The van der Waals surface area contributed by atoms with E-state index in [1.54, 1.807) is 13.2 Å². The third-order valence-corrected chi connectivity index (χ3v) is 2.55. The predicted octanol–water partition coefficient (Wildman–Crippen LogP) is 2.04. The molecule has 0 aromatic carbocycles. The summed E-state index contributed by atoms with van der Waals surface area (Å²) in [5.74, 6) is 0.839. The molecular formula is C12H19NO2. The van der Waals surface area contributed by atoms with Gasteiger partial charge in [-0.15, -0.1) is 0 Å². The number of nitrogens with one attached hydrogen (secondary N) is 1. The molecule has 0 aliphatic rings. The van der Waals surface area contributed by atoms with Crippen LogP contribution in [0, 0.1) is 0 Å². The van der Waals surface area contributed by atoms with Gasteiger partial charge in [0.2, 0.25) is 0 Å². The summed E-state index contributed by atoms with van der Waals surface area (Å²) in [6, 6.07) is 3.75. The summed E-state index contributed by atoms with van der Waals surface area (Å²) in [5, 5.41) is 12.7. The highest BCUT2D eigenvalue weighted by Gasteiger charge is 2.21. The number of hydrogen-bond acceptors (Lipinski definition) is 3. The van der Waals surface area contributed by atoms with E-state index in [0.29, 0.717) is 6.54 Å². The smallest absolute Gasteiger partial charge is 0.126 e. The molecule has 0 aliphatic carbocycles. The zero-order chi connectivity index (χ0) is 11.3. The van der Waals surface area contributed by atoms with Crippen LogP contribution in [0.1, 0.15) is 26.5 Å². The normalized spacial score (nSPS) is 14.7. The van der Waals surface area contributed by atoms with Gasteiger partial charge in [-0.25, -0.2) is 0 Å². The van der Waals surface area contributed by atoms with E-state index in [0.717, 1.165) is 5.76 Å². The lowest BCUT2D eigenvalue weighted by Crippen LogP contribution is -2.48. The summed E-state index contributed by atoms with van der Waals surface area (Å²) in [6.07, 6.45) is 5.15. The average molecular weight is 209 g/mol. The van der Waals surface area contributed by atoms with E-state index in [9.17, 15) is 5.11 Å². The highest BCUT2D eigenvalue weighted by Crippen LogP contribution is 2.08. The molecule has 0 bridgehead atoms. The number of furan rings is 1. The van der Waals surface area contributed by atoms with Crippen LogP contribution in [0.25, 0.3) is 6.08 Å². The molecule has 1 heterocycles. The lowest BCUT2D eigenvalue weighted by atomic mass is 9.99. The second-order valence-corrected chi connectivity index (χ2v) is 4.20. The van der Waals surface area contributed by atoms with E-state index in [1.807, 2.05) is 38.1 Å². The van der Waals surface area contributed by atoms with E-state index >= 15 is 0 Å². The second-order valence-electron chi connectivity index (χ2n) is 4.20. The third kappa shape index (κ3) is 3.90. The van der Waals surface area contributed by atoms with Crippen molar-refractivity contribution in [2.45, 2.75) is 32.4 Å². The number of rotatable bonds is 5. The van der Waals surface area contributed by atoms with Crippen molar-refractivity contribution in [3.63, 3.8) is 0 Å². The fourth-order valence-corrected chi connectivity index (χ4v) is 1.03. The standard InChI is InChI=1S/C12H19NO2/c1-10(14)12(2,3)13-8-4-6-11-7-5-9-15-11/h4-7,9-10,13-14H,8H2,1-3H3/b6-4+. The highest BCUT2D eigenvalue weighted by molar-refractivity contribution is 5.42. The largest absolute Gasteiger partial charge is 0.465 e. The van der Waals surface area contributed by atoms with Gasteiger partial charge in [0, 0.05) is 12.1 Å². The first-order chi connectivity index (χ1) is 7.02. The van der Waals surface area contributed by atoms with E-state index in [-0.39, 0.29) is 11.6 Å². The molecule has 1 aromatic rings. The van der Waals surface area contributed by atoms with Gasteiger partial charge in [0.25, 0.3) is 0 Å². The minimum Gasteiger partial charge on any atom is -0.465 e. The van der Waals surface area contributed by atoms with Crippen molar-refractivity contribution in [3.8, 4) is 0 Å². The quantitative estimate of drug-likeness (QED) is 0.780. The Bertz CT molecular complexity index is 299. The minimum atomic E-state index is -0.380. The Kier molecular flexibility index (Phi) is 4.12. The monoisotopic (exact) mass is 209 g/mol. The van der Waals surface area contributed by atoms with Crippen LogP contribution in [0.3, 0.4) is 0 Å². The van der Waals surface area contributed by atoms with Crippen LogP contribution in [0.5, 0.6) is 0 Å². The summed E-state index contributed by atoms with van der Waals surface area (Å²) < 4.78 is 5.15. The third-order valence-electron chi connectivity index (χ3n) is 2.55. The first kappa shape index (κ1) is 12.0. The van der Waals surface area contributed by atoms with Crippen molar-refractivity contribution in [1.82, 2.24) is 5.32 Å². The molecule has 1 unspecified atom stereocenters. The van der Waals surface area contributed by atoms with Gasteiger partial charge >= 0.3 is 0 Å². The molecule has 1 atom stereocenters. The minimum absolute atomic E-state index is 0.270. The van der Waals surface area contributed by atoms with Gasteiger partial charge in [-0.1, -0.05) is 6.08 Å². The Morgan fingerprint density at radius 1 is 1.60 bits per heavy atom. The summed E-state index contributed by atoms with van der Waals surface area (Å²) >= 11 is 0. The molecule has 0 saturated carbocycles. The molecule has 0 fully saturated rings. The Hall–Kier alpha value is -1.06. The topological polar surface area (TPSA) is 45.4 Å². The van der Waals surface area contributed by atoms with Gasteiger partial charge in [-0.2, -0.15) is 0 Å².